The molecule has 19 heavy (non-hydrogen) atoms. The number of thiazole rings is 1. The summed E-state index contributed by atoms with van der Waals surface area (Å²) < 4.78 is 0. The van der Waals surface area contributed by atoms with Crippen LogP contribution in [0.2, 0.25) is 0 Å². The Morgan fingerprint density at radius 3 is 2.68 bits per heavy atom. The third-order valence-corrected chi connectivity index (χ3v) is 4.36. The molecule has 2 rings (SSSR count). The van der Waals surface area contributed by atoms with E-state index in [-0.39, 0.29) is 48.7 Å². The number of halogens is 2. The SMILES string of the molecule is Cc1csc(C(C)NC(=O)C2CCC(N)C2)n1.Cl.Cl. The Balaban J connectivity index is 0.00000162. The fourth-order valence-corrected chi connectivity index (χ4v) is 3.02. The fourth-order valence-electron chi connectivity index (χ4n) is 2.22. The number of rotatable bonds is 3. The van der Waals surface area contributed by atoms with Crippen LogP contribution in [0, 0.1) is 12.8 Å². The van der Waals surface area contributed by atoms with Gasteiger partial charge in [-0.2, -0.15) is 0 Å². The van der Waals surface area contributed by atoms with Gasteiger partial charge in [0, 0.05) is 23.0 Å². The topological polar surface area (TPSA) is 68.0 Å². The van der Waals surface area contributed by atoms with Gasteiger partial charge in [-0.25, -0.2) is 4.98 Å². The van der Waals surface area contributed by atoms with E-state index in [0.29, 0.717) is 0 Å². The number of hydrogen-bond acceptors (Lipinski definition) is 4. The minimum absolute atomic E-state index is 0. The lowest BCUT2D eigenvalue weighted by atomic mass is 10.1. The summed E-state index contributed by atoms with van der Waals surface area (Å²) >= 11 is 1.59. The first-order valence-electron chi connectivity index (χ1n) is 6.04. The molecular formula is C12H21Cl2N3OS. The molecule has 4 nitrogen and oxygen atoms in total. The number of aromatic nitrogens is 1. The van der Waals surface area contributed by atoms with Gasteiger partial charge in [0.1, 0.15) is 5.01 Å². The lowest BCUT2D eigenvalue weighted by molar-refractivity contribution is -0.125. The number of amides is 1. The molecule has 1 aliphatic rings. The van der Waals surface area contributed by atoms with E-state index in [1.807, 2.05) is 19.2 Å². The maximum Gasteiger partial charge on any atom is 0.223 e. The largest absolute Gasteiger partial charge is 0.347 e. The van der Waals surface area contributed by atoms with Crippen molar-refractivity contribution in [2.24, 2.45) is 11.7 Å². The Hall–Kier alpha value is -0.360. The normalized spacial score (nSPS) is 23.1. The highest BCUT2D eigenvalue weighted by atomic mass is 35.5. The Morgan fingerprint density at radius 2 is 2.21 bits per heavy atom. The zero-order valence-corrected chi connectivity index (χ0v) is 13.5. The van der Waals surface area contributed by atoms with Gasteiger partial charge in [0.2, 0.25) is 5.91 Å². The van der Waals surface area contributed by atoms with Crippen LogP contribution in [0.25, 0.3) is 0 Å². The summed E-state index contributed by atoms with van der Waals surface area (Å²) in [5.41, 5.74) is 6.83. The van der Waals surface area contributed by atoms with Gasteiger partial charge in [0.25, 0.3) is 0 Å². The van der Waals surface area contributed by atoms with Gasteiger partial charge in [-0.15, -0.1) is 36.2 Å². The first kappa shape index (κ1) is 18.6. The molecule has 0 aromatic carbocycles. The molecule has 0 radical (unpaired) electrons. The monoisotopic (exact) mass is 325 g/mol. The summed E-state index contributed by atoms with van der Waals surface area (Å²) in [7, 11) is 0. The number of carbonyl (C=O) groups excluding carboxylic acids is 1. The summed E-state index contributed by atoms with van der Waals surface area (Å²) in [6.45, 7) is 3.94. The van der Waals surface area contributed by atoms with E-state index in [2.05, 4.69) is 10.3 Å². The average molecular weight is 326 g/mol. The number of nitrogens with zero attached hydrogens (tertiary/aromatic N) is 1. The number of nitrogens with one attached hydrogen (secondary N) is 1. The predicted molar refractivity (Wildman–Crippen MR) is 83.2 cm³/mol. The zero-order valence-electron chi connectivity index (χ0n) is 11.1. The number of carbonyl (C=O) groups is 1. The predicted octanol–water partition coefficient (Wildman–Crippen LogP) is 2.60. The van der Waals surface area contributed by atoms with Crippen molar-refractivity contribution in [3.63, 3.8) is 0 Å². The third-order valence-electron chi connectivity index (χ3n) is 3.21. The molecule has 7 heteroatoms. The molecule has 3 atom stereocenters. The van der Waals surface area contributed by atoms with Crippen LogP contribution in [0.15, 0.2) is 5.38 Å². The molecule has 1 aliphatic carbocycles. The van der Waals surface area contributed by atoms with Gasteiger partial charge >= 0.3 is 0 Å². The second kappa shape index (κ2) is 8.04. The van der Waals surface area contributed by atoms with E-state index >= 15 is 0 Å². The molecule has 1 fully saturated rings. The molecule has 1 saturated carbocycles. The van der Waals surface area contributed by atoms with Gasteiger partial charge in [-0.05, 0) is 33.1 Å². The minimum atomic E-state index is -0.00183. The highest BCUT2D eigenvalue weighted by molar-refractivity contribution is 7.09. The van der Waals surface area contributed by atoms with Crippen LogP contribution >= 0.6 is 36.2 Å². The van der Waals surface area contributed by atoms with E-state index in [9.17, 15) is 4.79 Å². The van der Waals surface area contributed by atoms with Crippen molar-refractivity contribution >= 4 is 42.1 Å². The number of aryl methyl sites for hydroxylation is 1. The third kappa shape index (κ3) is 4.91. The summed E-state index contributed by atoms with van der Waals surface area (Å²) in [5.74, 6) is 0.215. The molecular weight excluding hydrogens is 305 g/mol. The molecule has 3 unspecified atom stereocenters. The van der Waals surface area contributed by atoms with Crippen molar-refractivity contribution in [1.82, 2.24) is 10.3 Å². The molecule has 0 saturated heterocycles. The van der Waals surface area contributed by atoms with Crippen molar-refractivity contribution in [3.8, 4) is 0 Å². The van der Waals surface area contributed by atoms with E-state index in [0.717, 1.165) is 30.0 Å². The van der Waals surface area contributed by atoms with Gasteiger partial charge in [-0.1, -0.05) is 0 Å². The van der Waals surface area contributed by atoms with Crippen molar-refractivity contribution in [2.45, 2.75) is 45.2 Å². The van der Waals surface area contributed by atoms with Crippen LogP contribution in [-0.4, -0.2) is 16.9 Å². The minimum Gasteiger partial charge on any atom is -0.347 e. The summed E-state index contributed by atoms with van der Waals surface area (Å²) in [6.07, 6.45) is 2.69. The summed E-state index contributed by atoms with van der Waals surface area (Å²) in [6, 6.07) is 0.196. The molecule has 3 N–H and O–H groups in total. The Labute approximate surface area is 130 Å². The van der Waals surface area contributed by atoms with Crippen LogP contribution in [0.5, 0.6) is 0 Å². The molecule has 1 aromatic heterocycles. The van der Waals surface area contributed by atoms with Crippen molar-refractivity contribution in [1.29, 1.82) is 0 Å². The maximum atomic E-state index is 12.0. The van der Waals surface area contributed by atoms with Crippen LogP contribution in [-0.2, 0) is 4.79 Å². The lowest BCUT2D eigenvalue weighted by Crippen LogP contribution is -2.32. The second-order valence-corrected chi connectivity index (χ2v) is 5.72. The maximum absolute atomic E-state index is 12.0. The average Bonchev–Trinajstić information content (AvgIpc) is 2.87. The number of nitrogens with two attached hydrogens (primary N) is 1. The van der Waals surface area contributed by atoms with E-state index in [4.69, 9.17) is 5.73 Å². The molecule has 0 bridgehead atoms. The van der Waals surface area contributed by atoms with Crippen LogP contribution in [0.4, 0.5) is 0 Å². The van der Waals surface area contributed by atoms with Gasteiger partial charge in [0.05, 0.1) is 6.04 Å². The fraction of sp³-hybridized carbons (Fsp3) is 0.667. The molecule has 0 spiro atoms. The van der Waals surface area contributed by atoms with Crippen molar-refractivity contribution in [2.75, 3.05) is 0 Å². The molecule has 1 heterocycles. The number of hydrogen-bond donors (Lipinski definition) is 2. The Kier molecular flexibility index (Phi) is 7.89. The Bertz CT molecular complexity index is 413. The van der Waals surface area contributed by atoms with E-state index < -0.39 is 0 Å². The van der Waals surface area contributed by atoms with Gasteiger partial charge in [-0.3, -0.25) is 4.79 Å². The first-order valence-corrected chi connectivity index (χ1v) is 6.92. The standard InChI is InChI=1S/C12H19N3OS.2ClH/c1-7-6-17-12(14-7)8(2)15-11(16)9-3-4-10(13)5-9;;/h6,8-10H,3-5,13H2,1-2H3,(H,15,16);2*1H. The Morgan fingerprint density at radius 1 is 1.53 bits per heavy atom. The van der Waals surface area contributed by atoms with Crippen LogP contribution in [0.3, 0.4) is 0 Å². The lowest BCUT2D eigenvalue weighted by Gasteiger charge is -2.15. The molecule has 110 valence electrons. The van der Waals surface area contributed by atoms with E-state index in [1.54, 1.807) is 11.3 Å². The van der Waals surface area contributed by atoms with Crippen molar-refractivity contribution in [3.05, 3.63) is 16.1 Å². The molecule has 1 amide bonds. The summed E-state index contributed by atoms with van der Waals surface area (Å²) in [4.78, 5) is 16.4. The zero-order chi connectivity index (χ0) is 12.4. The van der Waals surface area contributed by atoms with Crippen molar-refractivity contribution < 1.29 is 4.79 Å². The molecule has 1 aromatic rings. The smallest absolute Gasteiger partial charge is 0.223 e. The molecule has 0 aliphatic heterocycles. The van der Waals surface area contributed by atoms with Crippen LogP contribution in [0.1, 0.15) is 42.9 Å². The van der Waals surface area contributed by atoms with Crippen LogP contribution < -0.4 is 11.1 Å². The first-order chi connectivity index (χ1) is 8.06. The highest BCUT2D eigenvalue weighted by Crippen LogP contribution is 2.25. The van der Waals surface area contributed by atoms with Gasteiger partial charge in [0.15, 0.2) is 0 Å². The quantitative estimate of drug-likeness (QED) is 0.897. The van der Waals surface area contributed by atoms with E-state index in [1.165, 1.54) is 0 Å². The summed E-state index contributed by atoms with van der Waals surface area (Å²) in [5, 5.41) is 6.00. The van der Waals surface area contributed by atoms with Gasteiger partial charge < -0.3 is 11.1 Å². The highest BCUT2D eigenvalue weighted by Gasteiger charge is 2.28. The second-order valence-electron chi connectivity index (χ2n) is 4.83.